The van der Waals surface area contributed by atoms with Crippen LogP contribution >= 0.6 is 0 Å². The summed E-state index contributed by atoms with van der Waals surface area (Å²) in [6.07, 6.45) is -4.77. The summed E-state index contributed by atoms with van der Waals surface area (Å²) in [4.78, 5) is 0. The quantitative estimate of drug-likeness (QED) is 0.173. The first-order valence-electron chi connectivity index (χ1n) is 27.1. The van der Waals surface area contributed by atoms with E-state index in [2.05, 4.69) is 219 Å². The van der Waals surface area contributed by atoms with Gasteiger partial charge >= 0.3 is 6.18 Å². The number of nitrogens with zero attached hydrogens (tertiary/aromatic N) is 3. The van der Waals surface area contributed by atoms with Gasteiger partial charge in [-0.1, -0.05) is 119 Å². The Bertz CT molecular complexity index is 4530. The Balaban J connectivity index is 1.27. The number of aryl methyl sites for hydroxylation is 11. The SMILES string of the molecule is Cc1cc(C)c(-c2ccc3c4ccc(-c5c(C)cc(C)cc5C)cc4n(-c4cc(C(F)(F)F)cc5c4-c4cc(C#N)cc(c4)-c4cc(C)cc(C)c4-c4ccc6c7ccc(-c8c(C)cc(C)cc8C)cc7n-5c6c4)c3c2)c(C)c1. The molecule has 6 heteroatoms. The first-order valence-corrected chi connectivity index (χ1v) is 27.1. The fraction of sp³-hybridized carbons (Fsp3) is 0.164. The molecule has 0 saturated carbocycles. The van der Waals surface area contributed by atoms with Crippen LogP contribution in [0.4, 0.5) is 13.2 Å². The molecule has 0 saturated heterocycles. The molecule has 1 aliphatic heterocycles. The molecular formula is C73H58F3N3. The summed E-state index contributed by atoms with van der Waals surface area (Å²) in [5.41, 5.74) is 26.8. The van der Waals surface area contributed by atoms with Gasteiger partial charge in [0.25, 0.3) is 0 Å². The van der Waals surface area contributed by atoms with Crippen molar-refractivity contribution in [1.82, 2.24) is 9.13 Å². The van der Waals surface area contributed by atoms with Gasteiger partial charge in [-0.2, -0.15) is 18.4 Å². The number of aromatic nitrogens is 2. The lowest BCUT2D eigenvalue weighted by Crippen LogP contribution is -2.11. The fourth-order valence-corrected chi connectivity index (χ4v) is 14.1. The molecule has 0 amide bonds. The van der Waals surface area contributed by atoms with Crippen molar-refractivity contribution < 1.29 is 13.2 Å². The molecule has 386 valence electrons. The Morgan fingerprint density at radius 3 is 0.987 bits per heavy atom. The van der Waals surface area contributed by atoms with Gasteiger partial charge in [-0.3, -0.25) is 0 Å². The van der Waals surface area contributed by atoms with Gasteiger partial charge < -0.3 is 9.13 Å². The predicted octanol–water partition coefficient (Wildman–Crippen LogP) is 20.5. The van der Waals surface area contributed by atoms with E-state index in [1.807, 2.05) is 12.1 Å². The zero-order chi connectivity index (χ0) is 55.2. The average molecular weight is 1030 g/mol. The van der Waals surface area contributed by atoms with Crippen molar-refractivity contribution in [3.63, 3.8) is 0 Å². The molecule has 0 unspecified atom stereocenters. The summed E-state index contributed by atoms with van der Waals surface area (Å²) < 4.78 is 53.7. The van der Waals surface area contributed by atoms with Gasteiger partial charge in [-0.05, 0) is 231 Å². The topological polar surface area (TPSA) is 33.6 Å². The molecule has 3 heterocycles. The lowest BCUT2D eigenvalue weighted by Gasteiger charge is -2.23. The second-order valence-electron chi connectivity index (χ2n) is 22.7. The molecule has 0 spiro atoms. The Hall–Kier alpha value is -8.92. The summed E-state index contributed by atoms with van der Waals surface area (Å²) in [6, 6.07) is 54.4. The fourth-order valence-electron chi connectivity index (χ4n) is 14.1. The Labute approximate surface area is 459 Å². The molecule has 4 bridgehead atoms. The number of fused-ring (bicyclic) bond motifs is 15. The molecule has 0 fully saturated rings. The van der Waals surface area contributed by atoms with Crippen LogP contribution in [-0.4, -0.2) is 9.13 Å². The van der Waals surface area contributed by atoms with Crippen molar-refractivity contribution in [2.75, 3.05) is 0 Å². The normalized spacial score (nSPS) is 12.2. The highest BCUT2D eigenvalue weighted by atomic mass is 19.4. The summed E-state index contributed by atoms with van der Waals surface area (Å²) in [6.45, 7) is 23.3. The van der Waals surface area contributed by atoms with Gasteiger partial charge in [0, 0.05) is 27.1 Å². The summed E-state index contributed by atoms with van der Waals surface area (Å²) >= 11 is 0. The van der Waals surface area contributed by atoms with E-state index in [4.69, 9.17) is 0 Å². The minimum absolute atomic E-state index is 0.349. The molecule has 0 radical (unpaired) electrons. The lowest BCUT2D eigenvalue weighted by atomic mass is 9.87. The highest BCUT2D eigenvalue weighted by Crippen LogP contribution is 2.50. The molecular weight excluding hydrogens is 976 g/mol. The van der Waals surface area contributed by atoms with Crippen LogP contribution in [0.5, 0.6) is 0 Å². The standard InChI is InChI=1S/C73H58F3N3/c1-38-20-42(5)68(43(6)21-38)50-12-16-57-58-17-13-51(69-44(7)22-39(2)23-45(69)8)32-63(58)78(62(57)31-50)66-35-56(73(74,75)76)36-67-72(66)55-29-49(37-77)28-54(30-55)61-27-41(4)26-48(11)71(61)53-15-19-60-59-18-14-52(33-64(59)79(67)65(60)34-53)70-46(9)24-40(3)25-47(70)10/h12-36H,1-11H3. The number of nitriles is 1. The van der Waals surface area contributed by atoms with Crippen LogP contribution in [0.1, 0.15) is 72.3 Å². The van der Waals surface area contributed by atoms with Crippen molar-refractivity contribution in [1.29, 1.82) is 5.26 Å². The van der Waals surface area contributed by atoms with Gasteiger partial charge in [0.2, 0.25) is 0 Å². The van der Waals surface area contributed by atoms with E-state index < -0.39 is 11.7 Å². The van der Waals surface area contributed by atoms with Crippen LogP contribution in [0.25, 0.3) is 122 Å². The van der Waals surface area contributed by atoms with Crippen molar-refractivity contribution in [3.8, 4) is 84.2 Å². The third-order valence-electron chi connectivity index (χ3n) is 16.8. The van der Waals surface area contributed by atoms with Gasteiger partial charge in [0.05, 0.1) is 50.6 Å². The minimum Gasteiger partial charge on any atom is -0.308 e. The van der Waals surface area contributed by atoms with E-state index in [0.29, 0.717) is 28.1 Å². The van der Waals surface area contributed by atoms with Crippen LogP contribution in [0.3, 0.4) is 0 Å². The first-order chi connectivity index (χ1) is 37.7. The van der Waals surface area contributed by atoms with Gasteiger partial charge in [-0.15, -0.1) is 0 Å². The molecule has 2 aromatic heterocycles. The molecule has 12 aromatic rings. The third-order valence-corrected chi connectivity index (χ3v) is 16.8. The largest absolute Gasteiger partial charge is 0.416 e. The highest BCUT2D eigenvalue weighted by Gasteiger charge is 2.35. The molecule has 10 aromatic carbocycles. The second-order valence-corrected chi connectivity index (χ2v) is 22.7. The maximum absolute atomic E-state index is 16.5. The average Bonchev–Trinajstić information content (AvgIpc) is 4.10. The number of hydrogen-bond donors (Lipinski definition) is 0. The van der Waals surface area contributed by atoms with Crippen LogP contribution in [0, 0.1) is 87.5 Å². The molecule has 1 aliphatic rings. The smallest absolute Gasteiger partial charge is 0.308 e. The molecule has 3 nitrogen and oxygen atoms in total. The van der Waals surface area contributed by atoms with Gasteiger partial charge in [0.15, 0.2) is 0 Å². The van der Waals surface area contributed by atoms with Crippen molar-refractivity contribution >= 4 is 43.6 Å². The second kappa shape index (κ2) is 17.8. The number of benzene rings is 10. The Kier molecular flexibility index (Phi) is 11.2. The van der Waals surface area contributed by atoms with Gasteiger partial charge in [-0.25, -0.2) is 0 Å². The summed E-state index contributed by atoms with van der Waals surface area (Å²) in [5.74, 6) is 0. The van der Waals surface area contributed by atoms with Crippen molar-refractivity contribution in [3.05, 3.63) is 224 Å². The van der Waals surface area contributed by atoms with Crippen molar-refractivity contribution in [2.45, 2.75) is 82.3 Å². The molecule has 13 rings (SSSR count). The summed E-state index contributed by atoms with van der Waals surface area (Å²) in [7, 11) is 0. The molecule has 0 aliphatic carbocycles. The van der Waals surface area contributed by atoms with E-state index in [1.54, 1.807) is 0 Å². The molecule has 0 N–H and O–H groups in total. The zero-order valence-corrected chi connectivity index (χ0v) is 46.4. The first kappa shape index (κ1) is 49.6. The Morgan fingerprint density at radius 1 is 0.329 bits per heavy atom. The number of rotatable bonds is 4. The van der Waals surface area contributed by atoms with E-state index in [9.17, 15) is 5.26 Å². The van der Waals surface area contributed by atoms with E-state index >= 15 is 13.2 Å². The zero-order valence-electron chi connectivity index (χ0n) is 46.4. The third kappa shape index (κ3) is 7.84. The number of alkyl halides is 3. The van der Waals surface area contributed by atoms with Crippen LogP contribution in [0.2, 0.25) is 0 Å². The number of halogens is 3. The maximum atomic E-state index is 16.5. The lowest BCUT2D eigenvalue weighted by molar-refractivity contribution is -0.137. The van der Waals surface area contributed by atoms with E-state index in [0.717, 1.165) is 160 Å². The maximum Gasteiger partial charge on any atom is 0.416 e. The van der Waals surface area contributed by atoms with E-state index in [-0.39, 0.29) is 0 Å². The Morgan fingerprint density at radius 2 is 0.646 bits per heavy atom. The van der Waals surface area contributed by atoms with Crippen LogP contribution < -0.4 is 0 Å². The predicted molar refractivity (Wildman–Crippen MR) is 323 cm³/mol. The number of hydrogen-bond acceptors (Lipinski definition) is 1. The van der Waals surface area contributed by atoms with Gasteiger partial charge in [0.1, 0.15) is 0 Å². The summed E-state index contributed by atoms with van der Waals surface area (Å²) in [5, 5.41) is 14.7. The molecule has 79 heavy (non-hydrogen) atoms. The molecule has 0 atom stereocenters. The highest BCUT2D eigenvalue weighted by molar-refractivity contribution is 6.15. The van der Waals surface area contributed by atoms with E-state index in [1.165, 1.54) is 12.1 Å². The minimum atomic E-state index is -4.77. The monoisotopic (exact) mass is 1030 g/mol. The van der Waals surface area contributed by atoms with Crippen LogP contribution in [0.15, 0.2) is 152 Å². The van der Waals surface area contributed by atoms with Crippen molar-refractivity contribution in [2.24, 2.45) is 0 Å². The van der Waals surface area contributed by atoms with Crippen LogP contribution in [-0.2, 0) is 6.18 Å².